The molecule has 3 fully saturated rings. The summed E-state index contributed by atoms with van der Waals surface area (Å²) in [6.07, 6.45) is 16.6. The van der Waals surface area contributed by atoms with Crippen molar-refractivity contribution in [3.8, 4) is 0 Å². The Morgan fingerprint density at radius 3 is 2.45 bits per heavy atom. The second-order valence-electron chi connectivity index (χ2n) is 17.0. The van der Waals surface area contributed by atoms with Crippen LogP contribution in [-0.4, -0.2) is 89.9 Å². The van der Waals surface area contributed by atoms with Crippen molar-refractivity contribution in [1.29, 1.82) is 0 Å². The molecule has 3 saturated heterocycles. The molecule has 0 aromatic rings. The molecule has 3 heterocycles. The monoisotopic (exact) mass is 788 g/mol. The summed E-state index contributed by atoms with van der Waals surface area (Å²) in [7, 11) is 0. The van der Waals surface area contributed by atoms with Crippen LogP contribution in [0.4, 0.5) is 0 Å². The van der Waals surface area contributed by atoms with Crippen LogP contribution in [0.5, 0.6) is 0 Å². The minimum Gasteiger partial charge on any atom is -0.390 e. The van der Waals surface area contributed by atoms with E-state index < -0.39 is 23.9 Å². The first kappa shape index (κ1) is 47.6. The third kappa shape index (κ3) is 17.0. The first-order valence-electron chi connectivity index (χ1n) is 21.5. The van der Waals surface area contributed by atoms with Gasteiger partial charge in [0.05, 0.1) is 49.0 Å². The standard InChI is InChI=1S/C43H73N5O8/c1-29(25-32(4)34(6)49)16-18-36-14-11-21-43(55-36)22-20-31(3)39(56-43)15-12-23-45-42(53)33(5)38(51)28-46-41(52)27-40-30(2)17-19-37(54-40)26-35(50)13-9-7-8-10-24-47-48-44/h9,13,25,29-31,33-34,36-40,49,51H,7-8,10-12,14-24,26-28H2,1-6H3,(H,45,53)(H,46,52)/b13-9+,32-25+/t29-,30?,31?,33+,34-,36-,37-,38-,39+,40?,43-/m0/s1. The zero-order valence-electron chi connectivity index (χ0n) is 35.1. The van der Waals surface area contributed by atoms with Gasteiger partial charge in [-0.3, -0.25) is 14.4 Å². The first-order valence-corrected chi connectivity index (χ1v) is 21.5. The van der Waals surface area contributed by atoms with Gasteiger partial charge in [-0.05, 0) is 126 Å². The Bertz CT molecular complexity index is 1330. The summed E-state index contributed by atoms with van der Waals surface area (Å²) < 4.78 is 19.6. The SMILES string of the molecule is C/C(=C\[C@@H](C)CC[C@@H]1CCC[C@]2(CCC(C)[C@@H](CCCNC(=O)[C@H](C)[C@@H](O)CNC(=O)CC3O[C@H](CC(=O)/C=C/CCCCN=[N+]=[N-])CCC3C)O2)O1)[C@H](C)O. The van der Waals surface area contributed by atoms with E-state index in [4.69, 9.17) is 19.7 Å². The van der Waals surface area contributed by atoms with Crippen LogP contribution in [0.3, 0.4) is 0 Å². The Kier molecular flexibility index (Phi) is 21.1. The molecule has 0 aromatic carbocycles. The summed E-state index contributed by atoms with van der Waals surface area (Å²) in [6, 6.07) is 0. The van der Waals surface area contributed by atoms with Gasteiger partial charge in [-0.2, -0.15) is 0 Å². The zero-order valence-corrected chi connectivity index (χ0v) is 35.1. The summed E-state index contributed by atoms with van der Waals surface area (Å²) in [4.78, 5) is 41.0. The van der Waals surface area contributed by atoms with Gasteiger partial charge in [0.2, 0.25) is 11.8 Å². The van der Waals surface area contributed by atoms with E-state index in [1.807, 2.05) is 19.9 Å². The van der Waals surface area contributed by atoms with Crippen LogP contribution >= 0.6 is 0 Å². The number of ketones is 1. The first-order chi connectivity index (χ1) is 26.7. The summed E-state index contributed by atoms with van der Waals surface area (Å²) in [5, 5.41) is 29.8. The zero-order chi connectivity index (χ0) is 41.1. The van der Waals surface area contributed by atoms with Gasteiger partial charge in [-0.15, -0.1) is 0 Å². The lowest BCUT2D eigenvalue weighted by molar-refractivity contribution is -0.324. The van der Waals surface area contributed by atoms with Crippen molar-refractivity contribution in [2.45, 2.75) is 187 Å². The smallest absolute Gasteiger partial charge is 0.225 e. The highest BCUT2D eigenvalue weighted by Gasteiger charge is 2.44. The molecule has 3 rings (SSSR count). The van der Waals surface area contributed by atoms with Crippen LogP contribution in [0.25, 0.3) is 10.4 Å². The molecule has 0 radical (unpaired) electrons. The molecule has 1 spiro atoms. The summed E-state index contributed by atoms with van der Waals surface area (Å²) in [5.74, 6) is -0.837. The van der Waals surface area contributed by atoms with E-state index >= 15 is 0 Å². The molecule has 0 bridgehead atoms. The average molecular weight is 788 g/mol. The van der Waals surface area contributed by atoms with Gasteiger partial charge in [0, 0.05) is 43.8 Å². The number of nitrogens with zero attached hydrogens (tertiary/aromatic N) is 3. The largest absolute Gasteiger partial charge is 0.390 e. The van der Waals surface area contributed by atoms with Gasteiger partial charge >= 0.3 is 0 Å². The Balaban J connectivity index is 1.33. The molecular weight excluding hydrogens is 714 g/mol. The molecule has 3 unspecified atom stereocenters. The van der Waals surface area contributed by atoms with E-state index in [0.29, 0.717) is 24.9 Å². The summed E-state index contributed by atoms with van der Waals surface area (Å²) in [5.41, 5.74) is 9.34. The maximum absolute atomic E-state index is 12.9. The Morgan fingerprint density at radius 2 is 1.70 bits per heavy atom. The van der Waals surface area contributed by atoms with E-state index in [1.165, 1.54) is 0 Å². The van der Waals surface area contributed by atoms with Gasteiger partial charge < -0.3 is 35.1 Å². The van der Waals surface area contributed by atoms with E-state index in [1.54, 1.807) is 19.9 Å². The van der Waals surface area contributed by atoms with Gasteiger partial charge in [0.25, 0.3) is 0 Å². The van der Waals surface area contributed by atoms with Crippen molar-refractivity contribution in [3.05, 3.63) is 34.2 Å². The molecule has 13 nitrogen and oxygen atoms in total. The molecule has 4 N–H and O–H groups in total. The quantitative estimate of drug-likeness (QED) is 0.0206. The molecule has 0 aromatic heterocycles. The molecule has 3 aliphatic heterocycles. The number of hydrogen-bond donors (Lipinski definition) is 4. The summed E-state index contributed by atoms with van der Waals surface area (Å²) in [6.45, 7) is 12.8. The highest BCUT2D eigenvalue weighted by molar-refractivity contribution is 5.90. The predicted molar refractivity (Wildman–Crippen MR) is 217 cm³/mol. The van der Waals surface area contributed by atoms with Crippen LogP contribution < -0.4 is 10.6 Å². The van der Waals surface area contributed by atoms with E-state index in [0.717, 1.165) is 95.5 Å². The average Bonchev–Trinajstić information content (AvgIpc) is 3.16. The number of ether oxygens (including phenoxy) is 3. The number of amides is 2. The van der Waals surface area contributed by atoms with Crippen molar-refractivity contribution in [2.24, 2.45) is 28.8 Å². The molecule has 318 valence electrons. The highest BCUT2D eigenvalue weighted by atomic mass is 16.7. The summed E-state index contributed by atoms with van der Waals surface area (Å²) >= 11 is 0. The molecule has 0 saturated carbocycles. The number of aliphatic hydroxyl groups is 2. The molecule has 2 amide bonds. The topological polar surface area (TPSA) is 192 Å². The molecule has 0 aliphatic carbocycles. The van der Waals surface area contributed by atoms with Crippen molar-refractivity contribution >= 4 is 17.6 Å². The fourth-order valence-electron chi connectivity index (χ4n) is 8.02. The lowest BCUT2D eigenvalue weighted by Crippen LogP contribution is -2.50. The number of unbranched alkanes of at least 4 members (excludes halogenated alkanes) is 2. The van der Waals surface area contributed by atoms with Crippen LogP contribution in [0.2, 0.25) is 0 Å². The fourth-order valence-corrected chi connectivity index (χ4v) is 8.02. The van der Waals surface area contributed by atoms with Gasteiger partial charge in [0.1, 0.15) is 0 Å². The van der Waals surface area contributed by atoms with E-state index in [2.05, 4.69) is 40.6 Å². The molecule has 11 atom stereocenters. The lowest BCUT2D eigenvalue weighted by Gasteiger charge is -2.48. The van der Waals surface area contributed by atoms with Crippen molar-refractivity contribution in [3.63, 3.8) is 0 Å². The second kappa shape index (κ2) is 24.9. The van der Waals surface area contributed by atoms with Gasteiger partial charge in [0.15, 0.2) is 11.6 Å². The number of hydrogen-bond acceptors (Lipinski definition) is 9. The normalized spacial score (nSPS) is 29.2. The van der Waals surface area contributed by atoms with Gasteiger partial charge in [-0.25, -0.2) is 0 Å². The lowest BCUT2D eigenvalue weighted by atomic mass is 9.85. The molecule has 56 heavy (non-hydrogen) atoms. The molecule has 13 heteroatoms. The number of rotatable bonds is 23. The minimum atomic E-state index is -1.04. The van der Waals surface area contributed by atoms with Crippen LogP contribution in [-0.2, 0) is 28.6 Å². The Labute approximate surface area is 335 Å². The number of carbonyl (C=O) groups excluding carboxylic acids is 3. The van der Waals surface area contributed by atoms with Gasteiger partial charge in [-0.1, -0.05) is 45.0 Å². The maximum atomic E-state index is 12.9. The number of carbonyl (C=O) groups is 3. The van der Waals surface area contributed by atoms with Crippen LogP contribution in [0.15, 0.2) is 28.9 Å². The van der Waals surface area contributed by atoms with Crippen molar-refractivity contribution < 1.29 is 38.8 Å². The van der Waals surface area contributed by atoms with Crippen LogP contribution in [0, 0.1) is 23.7 Å². The third-order valence-corrected chi connectivity index (χ3v) is 12.1. The minimum absolute atomic E-state index is 0.0123. The highest BCUT2D eigenvalue weighted by Crippen LogP contribution is 2.43. The van der Waals surface area contributed by atoms with E-state index in [-0.39, 0.29) is 67.3 Å². The van der Waals surface area contributed by atoms with Crippen molar-refractivity contribution in [1.82, 2.24) is 10.6 Å². The number of aliphatic hydroxyl groups excluding tert-OH is 2. The maximum Gasteiger partial charge on any atom is 0.225 e. The number of nitrogens with one attached hydrogen (secondary N) is 2. The second-order valence-corrected chi connectivity index (χ2v) is 17.0. The molecular formula is C43H73N5O8. The van der Waals surface area contributed by atoms with Crippen LogP contribution in [0.1, 0.15) is 144 Å². The van der Waals surface area contributed by atoms with Crippen molar-refractivity contribution in [2.75, 3.05) is 19.6 Å². The van der Waals surface area contributed by atoms with E-state index in [9.17, 15) is 24.6 Å². The number of allylic oxidation sites excluding steroid dienone is 3. The Hall–Kier alpha value is -2.80. The fraction of sp³-hybridized carbons (Fsp3) is 0.837. The Morgan fingerprint density at radius 1 is 0.929 bits per heavy atom. The number of azide groups is 1. The third-order valence-electron chi connectivity index (χ3n) is 12.1. The predicted octanol–water partition coefficient (Wildman–Crippen LogP) is 7.39. The molecule has 3 aliphatic rings.